The SMILES string of the molecule is CCc1ccc(OC)c(/C=C/[N+](=O)[O-])c1. The van der Waals surface area contributed by atoms with Crippen LogP contribution in [-0.2, 0) is 6.42 Å². The van der Waals surface area contributed by atoms with Gasteiger partial charge in [-0.15, -0.1) is 0 Å². The maximum Gasteiger partial charge on any atom is 0.235 e. The lowest BCUT2D eigenvalue weighted by Gasteiger charge is -2.05. The van der Waals surface area contributed by atoms with E-state index >= 15 is 0 Å². The van der Waals surface area contributed by atoms with E-state index in [1.54, 1.807) is 7.11 Å². The second-order valence-electron chi connectivity index (χ2n) is 3.03. The van der Waals surface area contributed by atoms with E-state index in [0.717, 1.165) is 23.7 Å². The van der Waals surface area contributed by atoms with Crippen LogP contribution in [0.5, 0.6) is 5.75 Å². The van der Waals surface area contributed by atoms with E-state index in [1.807, 2.05) is 25.1 Å². The van der Waals surface area contributed by atoms with Crippen LogP contribution in [0.25, 0.3) is 6.08 Å². The van der Waals surface area contributed by atoms with E-state index in [1.165, 1.54) is 6.08 Å². The van der Waals surface area contributed by atoms with Gasteiger partial charge in [-0.05, 0) is 24.1 Å². The van der Waals surface area contributed by atoms with Gasteiger partial charge in [0, 0.05) is 11.6 Å². The highest BCUT2D eigenvalue weighted by molar-refractivity contribution is 5.57. The topological polar surface area (TPSA) is 52.4 Å². The largest absolute Gasteiger partial charge is 0.496 e. The van der Waals surface area contributed by atoms with E-state index in [-0.39, 0.29) is 0 Å². The van der Waals surface area contributed by atoms with Crippen LogP contribution in [0.2, 0.25) is 0 Å². The zero-order valence-electron chi connectivity index (χ0n) is 8.77. The Balaban J connectivity index is 3.06. The number of methoxy groups -OCH3 is 1. The quantitative estimate of drug-likeness (QED) is 0.563. The zero-order chi connectivity index (χ0) is 11.3. The van der Waals surface area contributed by atoms with Crippen molar-refractivity contribution in [1.82, 2.24) is 0 Å². The summed E-state index contributed by atoms with van der Waals surface area (Å²) in [5, 5.41) is 10.2. The van der Waals surface area contributed by atoms with Crippen molar-refractivity contribution in [2.75, 3.05) is 7.11 Å². The second kappa shape index (κ2) is 5.14. The summed E-state index contributed by atoms with van der Waals surface area (Å²) in [4.78, 5) is 9.72. The van der Waals surface area contributed by atoms with Crippen molar-refractivity contribution >= 4 is 6.08 Å². The molecule has 0 aliphatic carbocycles. The molecule has 0 atom stereocenters. The molecule has 1 rings (SSSR count). The number of benzene rings is 1. The van der Waals surface area contributed by atoms with Crippen molar-refractivity contribution in [2.45, 2.75) is 13.3 Å². The molecule has 80 valence electrons. The van der Waals surface area contributed by atoms with Crippen molar-refractivity contribution in [3.05, 3.63) is 45.6 Å². The molecule has 0 saturated heterocycles. The molecule has 4 nitrogen and oxygen atoms in total. The number of hydrogen-bond donors (Lipinski definition) is 0. The number of hydrogen-bond acceptors (Lipinski definition) is 3. The first-order chi connectivity index (χ1) is 7.17. The lowest BCUT2D eigenvalue weighted by Crippen LogP contribution is -1.90. The van der Waals surface area contributed by atoms with Crippen molar-refractivity contribution < 1.29 is 9.66 Å². The average molecular weight is 207 g/mol. The van der Waals surface area contributed by atoms with Gasteiger partial charge in [0.25, 0.3) is 0 Å². The summed E-state index contributed by atoms with van der Waals surface area (Å²) in [5.41, 5.74) is 1.85. The molecule has 0 N–H and O–H groups in total. The van der Waals surface area contributed by atoms with Crippen LogP contribution >= 0.6 is 0 Å². The lowest BCUT2D eigenvalue weighted by atomic mass is 10.1. The molecule has 1 aromatic carbocycles. The molecule has 15 heavy (non-hydrogen) atoms. The number of aryl methyl sites for hydroxylation is 1. The molecular weight excluding hydrogens is 194 g/mol. The Hall–Kier alpha value is -1.84. The Kier molecular flexibility index (Phi) is 3.85. The average Bonchev–Trinajstić information content (AvgIpc) is 2.25. The van der Waals surface area contributed by atoms with Crippen molar-refractivity contribution in [2.24, 2.45) is 0 Å². The highest BCUT2D eigenvalue weighted by Crippen LogP contribution is 2.21. The Morgan fingerprint density at radius 2 is 2.27 bits per heavy atom. The fourth-order valence-corrected chi connectivity index (χ4v) is 1.28. The normalized spacial score (nSPS) is 10.5. The Morgan fingerprint density at radius 3 is 2.80 bits per heavy atom. The molecule has 0 saturated carbocycles. The van der Waals surface area contributed by atoms with Gasteiger partial charge in [-0.3, -0.25) is 10.1 Å². The highest BCUT2D eigenvalue weighted by atomic mass is 16.6. The van der Waals surface area contributed by atoms with E-state index in [4.69, 9.17) is 4.74 Å². The van der Waals surface area contributed by atoms with Gasteiger partial charge in [0.2, 0.25) is 6.20 Å². The summed E-state index contributed by atoms with van der Waals surface area (Å²) < 4.78 is 5.10. The van der Waals surface area contributed by atoms with E-state index in [9.17, 15) is 10.1 Å². The molecule has 0 unspecified atom stereocenters. The van der Waals surface area contributed by atoms with Gasteiger partial charge < -0.3 is 4.74 Å². The third-order valence-corrected chi connectivity index (χ3v) is 2.08. The number of ether oxygens (including phenoxy) is 1. The number of rotatable bonds is 4. The molecule has 0 fully saturated rings. The maximum absolute atomic E-state index is 10.2. The number of nitro groups is 1. The van der Waals surface area contributed by atoms with Gasteiger partial charge in [0.05, 0.1) is 12.0 Å². The molecule has 1 aromatic rings. The Bertz CT molecular complexity index is 385. The monoisotopic (exact) mass is 207 g/mol. The summed E-state index contributed by atoms with van der Waals surface area (Å²) >= 11 is 0. The maximum atomic E-state index is 10.2. The summed E-state index contributed by atoms with van der Waals surface area (Å²) in [6.07, 6.45) is 3.25. The minimum Gasteiger partial charge on any atom is -0.496 e. The van der Waals surface area contributed by atoms with E-state index in [2.05, 4.69) is 0 Å². The van der Waals surface area contributed by atoms with Crippen LogP contribution in [0.1, 0.15) is 18.1 Å². The van der Waals surface area contributed by atoms with Gasteiger partial charge in [-0.2, -0.15) is 0 Å². The van der Waals surface area contributed by atoms with Gasteiger partial charge in [-0.25, -0.2) is 0 Å². The van der Waals surface area contributed by atoms with Gasteiger partial charge in [0.1, 0.15) is 5.75 Å². The van der Waals surface area contributed by atoms with Crippen molar-refractivity contribution in [3.63, 3.8) is 0 Å². The van der Waals surface area contributed by atoms with Crippen LogP contribution in [0.3, 0.4) is 0 Å². The van der Waals surface area contributed by atoms with Gasteiger partial charge >= 0.3 is 0 Å². The summed E-state index contributed by atoms with van der Waals surface area (Å²) in [6, 6.07) is 5.65. The summed E-state index contributed by atoms with van der Waals surface area (Å²) in [5.74, 6) is 0.644. The predicted molar refractivity (Wildman–Crippen MR) is 58.4 cm³/mol. The third-order valence-electron chi connectivity index (χ3n) is 2.08. The molecule has 0 bridgehead atoms. The first kappa shape index (κ1) is 11.2. The summed E-state index contributed by atoms with van der Waals surface area (Å²) in [6.45, 7) is 2.03. The van der Waals surface area contributed by atoms with Gasteiger partial charge in [0.15, 0.2) is 0 Å². The van der Waals surface area contributed by atoms with Crippen LogP contribution in [-0.4, -0.2) is 12.0 Å². The molecule has 4 heteroatoms. The molecule has 0 amide bonds. The van der Waals surface area contributed by atoms with E-state index in [0.29, 0.717) is 5.75 Å². The molecule has 0 radical (unpaired) electrons. The van der Waals surface area contributed by atoms with Crippen molar-refractivity contribution in [3.8, 4) is 5.75 Å². The Labute approximate surface area is 88.3 Å². The van der Waals surface area contributed by atoms with Crippen LogP contribution in [0, 0.1) is 10.1 Å². The second-order valence-corrected chi connectivity index (χ2v) is 3.03. The molecule has 0 spiro atoms. The zero-order valence-corrected chi connectivity index (χ0v) is 8.77. The van der Waals surface area contributed by atoms with E-state index < -0.39 is 4.92 Å². The van der Waals surface area contributed by atoms with Crippen LogP contribution in [0.4, 0.5) is 0 Å². The first-order valence-electron chi connectivity index (χ1n) is 4.66. The molecule has 0 aliphatic heterocycles. The standard InChI is InChI=1S/C11H13NO3/c1-3-9-4-5-11(15-2)10(8-9)6-7-12(13)14/h4-8H,3H2,1-2H3/b7-6+. The fraction of sp³-hybridized carbons (Fsp3) is 0.273. The minimum atomic E-state index is -0.488. The summed E-state index contributed by atoms with van der Waals surface area (Å²) in [7, 11) is 1.55. The molecular formula is C11H13NO3. The minimum absolute atomic E-state index is 0.488. The van der Waals surface area contributed by atoms with Crippen LogP contribution in [0.15, 0.2) is 24.4 Å². The third kappa shape index (κ3) is 3.09. The first-order valence-corrected chi connectivity index (χ1v) is 4.66. The molecule has 0 aliphatic rings. The van der Waals surface area contributed by atoms with Crippen molar-refractivity contribution in [1.29, 1.82) is 0 Å². The predicted octanol–water partition coefficient (Wildman–Crippen LogP) is 2.51. The lowest BCUT2D eigenvalue weighted by molar-refractivity contribution is -0.400. The number of nitrogens with zero attached hydrogens (tertiary/aromatic N) is 1. The smallest absolute Gasteiger partial charge is 0.235 e. The van der Waals surface area contributed by atoms with Gasteiger partial charge in [-0.1, -0.05) is 13.0 Å². The van der Waals surface area contributed by atoms with Crippen LogP contribution < -0.4 is 4.74 Å². The highest BCUT2D eigenvalue weighted by Gasteiger charge is 2.01. The molecule has 0 aromatic heterocycles. The Morgan fingerprint density at radius 1 is 1.53 bits per heavy atom. The fourth-order valence-electron chi connectivity index (χ4n) is 1.28. The molecule has 0 heterocycles.